The van der Waals surface area contributed by atoms with E-state index in [0.717, 1.165) is 37.4 Å². The normalized spacial score (nSPS) is 19.0. The van der Waals surface area contributed by atoms with Gasteiger partial charge in [-0.25, -0.2) is 4.98 Å². The molecular formula is C12H20N4O. The number of aromatic nitrogens is 3. The summed E-state index contributed by atoms with van der Waals surface area (Å²) in [4.78, 5) is 4.39. The first kappa shape index (κ1) is 12.2. The lowest BCUT2D eigenvalue weighted by Crippen LogP contribution is -2.31. The first-order valence-corrected chi connectivity index (χ1v) is 6.19. The summed E-state index contributed by atoms with van der Waals surface area (Å²) in [5.74, 6) is 1.26. The highest BCUT2D eigenvalue weighted by Gasteiger charge is 2.21. The summed E-state index contributed by atoms with van der Waals surface area (Å²) in [6.45, 7) is 7.77. The molecule has 5 heteroatoms. The first-order chi connectivity index (χ1) is 8.16. The lowest BCUT2D eigenvalue weighted by Gasteiger charge is -2.28. The molecule has 0 bridgehead atoms. The van der Waals surface area contributed by atoms with Crippen molar-refractivity contribution < 1.29 is 4.74 Å². The molecule has 1 aliphatic heterocycles. The van der Waals surface area contributed by atoms with E-state index in [1.165, 1.54) is 0 Å². The summed E-state index contributed by atoms with van der Waals surface area (Å²) in [6.07, 6.45) is 2.21. The molecule has 1 saturated heterocycles. The molecule has 5 nitrogen and oxygen atoms in total. The monoisotopic (exact) mass is 236 g/mol. The van der Waals surface area contributed by atoms with Crippen molar-refractivity contribution in [1.82, 2.24) is 15.2 Å². The summed E-state index contributed by atoms with van der Waals surface area (Å²) in [5, 5.41) is 11.5. The van der Waals surface area contributed by atoms with Crippen molar-refractivity contribution in [2.45, 2.75) is 39.7 Å². The van der Waals surface area contributed by atoms with Gasteiger partial charge in [0, 0.05) is 19.3 Å². The minimum absolute atomic E-state index is 0.364. The van der Waals surface area contributed by atoms with Crippen molar-refractivity contribution in [2.24, 2.45) is 5.92 Å². The molecule has 1 N–H and O–H groups in total. The van der Waals surface area contributed by atoms with Gasteiger partial charge in [-0.1, -0.05) is 0 Å². The highest BCUT2D eigenvalue weighted by Crippen LogP contribution is 2.20. The van der Waals surface area contributed by atoms with Crippen LogP contribution in [0, 0.1) is 19.8 Å². The molecular weight excluding hydrogens is 216 g/mol. The van der Waals surface area contributed by atoms with Crippen LogP contribution in [0.15, 0.2) is 0 Å². The second-order valence-electron chi connectivity index (χ2n) is 4.69. The molecule has 0 amide bonds. The third kappa shape index (κ3) is 3.12. The van der Waals surface area contributed by atoms with Crippen molar-refractivity contribution in [3.8, 4) is 0 Å². The number of hydrogen-bond donors (Lipinski definition) is 1. The van der Waals surface area contributed by atoms with E-state index in [-0.39, 0.29) is 0 Å². The van der Waals surface area contributed by atoms with Crippen LogP contribution < -0.4 is 5.32 Å². The average Bonchev–Trinajstić information content (AvgIpc) is 2.35. The van der Waals surface area contributed by atoms with Crippen LogP contribution in [0.4, 0.5) is 5.95 Å². The van der Waals surface area contributed by atoms with Gasteiger partial charge in [-0.2, -0.15) is 5.10 Å². The predicted molar refractivity (Wildman–Crippen MR) is 65.9 cm³/mol. The Hall–Kier alpha value is -1.23. The minimum atomic E-state index is 0.364. The summed E-state index contributed by atoms with van der Waals surface area (Å²) in [7, 11) is 0. The number of nitrogens with zero attached hydrogens (tertiary/aromatic N) is 3. The van der Waals surface area contributed by atoms with Gasteiger partial charge in [-0.05, 0) is 39.5 Å². The number of aryl methyl sites for hydroxylation is 2. The number of hydrogen-bond acceptors (Lipinski definition) is 5. The van der Waals surface area contributed by atoms with Gasteiger partial charge in [0.25, 0.3) is 0 Å². The summed E-state index contributed by atoms with van der Waals surface area (Å²) in [6, 6.07) is 0.364. The van der Waals surface area contributed by atoms with Gasteiger partial charge in [0.05, 0.1) is 11.4 Å². The molecule has 1 aromatic heterocycles. The van der Waals surface area contributed by atoms with Gasteiger partial charge in [0.1, 0.15) is 0 Å². The number of ether oxygens (including phenoxy) is 1. The van der Waals surface area contributed by atoms with Gasteiger partial charge < -0.3 is 10.1 Å². The summed E-state index contributed by atoms with van der Waals surface area (Å²) < 4.78 is 5.36. The van der Waals surface area contributed by atoms with E-state index >= 15 is 0 Å². The molecule has 1 aromatic rings. The van der Waals surface area contributed by atoms with Crippen LogP contribution in [0.5, 0.6) is 0 Å². The van der Waals surface area contributed by atoms with E-state index < -0.39 is 0 Å². The van der Waals surface area contributed by atoms with Gasteiger partial charge in [0.15, 0.2) is 0 Å². The van der Waals surface area contributed by atoms with Crippen LogP contribution >= 0.6 is 0 Å². The standard InChI is InChI=1S/C12H20N4O/c1-8-9(2)15-16-12(13-8)14-10(3)11-4-6-17-7-5-11/h10-11H,4-7H2,1-3H3,(H,13,14,16). The van der Waals surface area contributed by atoms with Crippen molar-refractivity contribution in [3.05, 3.63) is 11.4 Å². The van der Waals surface area contributed by atoms with Crippen molar-refractivity contribution >= 4 is 5.95 Å². The lowest BCUT2D eigenvalue weighted by molar-refractivity contribution is 0.0621. The zero-order valence-electron chi connectivity index (χ0n) is 10.7. The predicted octanol–water partition coefficient (Wildman–Crippen LogP) is 1.72. The first-order valence-electron chi connectivity index (χ1n) is 6.19. The van der Waals surface area contributed by atoms with Gasteiger partial charge in [0.2, 0.25) is 5.95 Å². The van der Waals surface area contributed by atoms with E-state index in [4.69, 9.17) is 4.74 Å². The van der Waals surface area contributed by atoms with Crippen LogP contribution in [0.1, 0.15) is 31.2 Å². The SMILES string of the molecule is Cc1nnc(NC(C)C2CCOCC2)nc1C. The fourth-order valence-corrected chi connectivity index (χ4v) is 2.06. The zero-order chi connectivity index (χ0) is 12.3. The Morgan fingerprint density at radius 3 is 2.53 bits per heavy atom. The zero-order valence-corrected chi connectivity index (χ0v) is 10.7. The van der Waals surface area contributed by atoms with E-state index in [1.807, 2.05) is 13.8 Å². The Balaban J connectivity index is 1.96. The Morgan fingerprint density at radius 1 is 1.18 bits per heavy atom. The van der Waals surface area contributed by atoms with E-state index in [0.29, 0.717) is 17.9 Å². The highest BCUT2D eigenvalue weighted by molar-refractivity contribution is 5.26. The average molecular weight is 236 g/mol. The molecule has 1 atom stereocenters. The molecule has 0 spiro atoms. The minimum Gasteiger partial charge on any atom is -0.381 e. The van der Waals surface area contributed by atoms with Crippen molar-refractivity contribution in [1.29, 1.82) is 0 Å². The molecule has 17 heavy (non-hydrogen) atoms. The highest BCUT2D eigenvalue weighted by atomic mass is 16.5. The molecule has 2 heterocycles. The third-order valence-corrected chi connectivity index (χ3v) is 3.42. The van der Waals surface area contributed by atoms with Gasteiger partial charge in [-0.3, -0.25) is 0 Å². The largest absolute Gasteiger partial charge is 0.381 e. The smallest absolute Gasteiger partial charge is 0.243 e. The van der Waals surface area contributed by atoms with E-state index in [1.54, 1.807) is 0 Å². The summed E-state index contributed by atoms with van der Waals surface area (Å²) >= 11 is 0. The topological polar surface area (TPSA) is 59.9 Å². The van der Waals surface area contributed by atoms with Gasteiger partial charge in [-0.15, -0.1) is 5.10 Å². The Kier molecular flexibility index (Phi) is 3.89. The quantitative estimate of drug-likeness (QED) is 0.865. The molecule has 2 rings (SSSR count). The number of nitrogens with one attached hydrogen (secondary N) is 1. The fourth-order valence-electron chi connectivity index (χ4n) is 2.06. The molecule has 0 radical (unpaired) electrons. The maximum Gasteiger partial charge on any atom is 0.243 e. The Morgan fingerprint density at radius 2 is 1.88 bits per heavy atom. The molecule has 1 unspecified atom stereocenters. The van der Waals surface area contributed by atoms with Crippen molar-refractivity contribution in [3.63, 3.8) is 0 Å². The molecule has 94 valence electrons. The second-order valence-corrected chi connectivity index (χ2v) is 4.69. The van der Waals surface area contributed by atoms with Crippen LogP contribution in [0.25, 0.3) is 0 Å². The van der Waals surface area contributed by atoms with Crippen LogP contribution in [0.2, 0.25) is 0 Å². The molecule has 0 aromatic carbocycles. The molecule has 1 fully saturated rings. The third-order valence-electron chi connectivity index (χ3n) is 3.42. The Labute approximate surface area is 102 Å². The fraction of sp³-hybridized carbons (Fsp3) is 0.750. The molecule has 0 aliphatic carbocycles. The van der Waals surface area contributed by atoms with Crippen LogP contribution in [-0.4, -0.2) is 34.4 Å². The van der Waals surface area contributed by atoms with Crippen LogP contribution in [-0.2, 0) is 4.74 Å². The number of rotatable bonds is 3. The van der Waals surface area contributed by atoms with Crippen molar-refractivity contribution in [2.75, 3.05) is 18.5 Å². The molecule has 1 aliphatic rings. The van der Waals surface area contributed by atoms with E-state index in [9.17, 15) is 0 Å². The number of anilines is 1. The van der Waals surface area contributed by atoms with Gasteiger partial charge >= 0.3 is 0 Å². The molecule has 0 saturated carbocycles. The lowest BCUT2D eigenvalue weighted by atomic mass is 9.93. The summed E-state index contributed by atoms with van der Waals surface area (Å²) in [5.41, 5.74) is 1.82. The van der Waals surface area contributed by atoms with Crippen LogP contribution in [0.3, 0.4) is 0 Å². The maximum atomic E-state index is 5.36. The Bertz CT molecular complexity index is 377. The van der Waals surface area contributed by atoms with E-state index in [2.05, 4.69) is 27.4 Å². The second kappa shape index (κ2) is 5.40. The maximum absolute atomic E-state index is 5.36.